The van der Waals surface area contributed by atoms with Crippen LogP contribution >= 0.6 is 0 Å². The zero-order chi connectivity index (χ0) is 15.4. The average molecular weight is 299 g/mol. The third-order valence-electron chi connectivity index (χ3n) is 3.82. The lowest BCUT2D eigenvalue weighted by atomic mass is 10.2. The van der Waals surface area contributed by atoms with E-state index in [2.05, 4.69) is 15.6 Å². The highest BCUT2D eigenvalue weighted by atomic mass is 19.1. The average Bonchev–Trinajstić information content (AvgIpc) is 3.03. The number of nitrogens with one attached hydrogen (secondary N) is 2. The molecule has 3 rings (SSSR count). The van der Waals surface area contributed by atoms with Crippen molar-refractivity contribution in [3.8, 4) is 0 Å². The zero-order valence-electron chi connectivity index (χ0n) is 12.2. The second-order valence-corrected chi connectivity index (χ2v) is 5.52. The summed E-state index contributed by atoms with van der Waals surface area (Å²) >= 11 is 0. The van der Waals surface area contributed by atoms with Crippen LogP contribution in [0.4, 0.5) is 15.8 Å². The number of amides is 1. The van der Waals surface area contributed by atoms with Crippen molar-refractivity contribution in [3.63, 3.8) is 0 Å². The van der Waals surface area contributed by atoms with Crippen LogP contribution in [0.5, 0.6) is 0 Å². The highest BCUT2D eigenvalue weighted by Crippen LogP contribution is 2.22. The van der Waals surface area contributed by atoms with E-state index >= 15 is 0 Å². The van der Waals surface area contributed by atoms with Gasteiger partial charge in [-0.05, 0) is 49.2 Å². The van der Waals surface area contributed by atoms with Crippen molar-refractivity contribution in [2.45, 2.75) is 31.7 Å². The molecule has 1 aromatic carbocycles. The Kier molecular flexibility index (Phi) is 4.32. The van der Waals surface area contributed by atoms with E-state index in [1.807, 2.05) is 6.07 Å². The molecule has 2 aromatic rings. The standard InChI is InChI=1S/C17H18FN3O/c18-12-5-7-14(8-6-12)21-17(22)16-11-15(9-10-19-16)20-13-3-1-2-4-13/h5-11,13H,1-4H2,(H,19,20)(H,21,22). The summed E-state index contributed by atoms with van der Waals surface area (Å²) < 4.78 is 12.9. The maximum atomic E-state index is 12.9. The Morgan fingerprint density at radius 2 is 1.82 bits per heavy atom. The van der Waals surface area contributed by atoms with Crippen molar-refractivity contribution in [2.24, 2.45) is 0 Å². The molecular weight excluding hydrogens is 281 g/mol. The van der Waals surface area contributed by atoms with Gasteiger partial charge in [0.2, 0.25) is 0 Å². The number of nitrogens with zero attached hydrogens (tertiary/aromatic N) is 1. The Balaban J connectivity index is 1.67. The van der Waals surface area contributed by atoms with Crippen LogP contribution in [0.1, 0.15) is 36.2 Å². The van der Waals surface area contributed by atoms with Crippen molar-refractivity contribution >= 4 is 17.3 Å². The van der Waals surface area contributed by atoms with Crippen LogP contribution in [-0.2, 0) is 0 Å². The quantitative estimate of drug-likeness (QED) is 0.902. The lowest BCUT2D eigenvalue weighted by molar-refractivity contribution is 0.102. The second kappa shape index (κ2) is 6.56. The molecule has 1 aromatic heterocycles. The van der Waals surface area contributed by atoms with Gasteiger partial charge in [-0.2, -0.15) is 0 Å². The fourth-order valence-corrected chi connectivity index (χ4v) is 2.68. The van der Waals surface area contributed by atoms with Crippen molar-refractivity contribution in [1.82, 2.24) is 4.98 Å². The fraction of sp³-hybridized carbons (Fsp3) is 0.294. The van der Waals surface area contributed by atoms with Gasteiger partial charge in [0.05, 0.1) is 0 Å². The summed E-state index contributed by atoms with van der Waals surface area (Å²) in [5.74, 6) is -0.638. The van der Waals surface area contributed by atoms with E-state index in [1.54, 1.807) is 12.3 Å². The molecular formula is C17H18FN3O. The van der Waals surface area contributed by atoms with Crippen molar-refractivity contribution in [3.05, 3.63) is 54.1 Å². The van der Waals surface area contributed by atoms with E-state index in [1.165, 1.54) is 49.9 Å². The maximum Gasteiger partial charge on any atom is 0.274 e. The van der Waals surface area contributed by atoms with Crippen LogP contribution in [0.25, 0.3) is 0 Å². The number of carbonyl (C=O) groups excluding carboxylic acids is 1. The van der Waals surface area contributed by atoms with E-state index in [9.17, 15) is 9.18 Å². The highest BCUT2D eigenvalue weighted by molar-refractivity contribution is 6.03. The number of benzene rings is 1. The number of anilines is 2. The first-order valence-corrected chi connectivity index (χ1v) is 7.50. The predicted octanol–water partition coefficient (Wildman–Crippen LogP) is 3.83. The van der Waals surface area contributed by atoms with Crippen LogP contribution in [0.3, 0.4) is 0 Å². The molecule has 5 heteroatoms. The molecule has 1 amide bonds. The number of rotatable bonds is 4. The van der Waals surface area contributed by atoms with Gasteiger partial charge in [0.1, 0.15) is 11.5 Å². The lowest BCUT2D eigenvalue weighted by Crippen LogP contribution is -2.17. The lowest BCUT2D eigenvalue weighted by Gasteiger charge is -2.14. The minimum Gasteiger partial charge on any atom is -0.382 e. The van der Waals surface area contributed by atoms with E-state index < -0.39 is 0 Å². The highest BCUT2D eigenvalue weighted by Gasteiger charge is 2.15. The van der Waals surface area contributed by atoms with Gasteiger partial charge in [0.15, 0.2) is 0 Å². The summed E-state index contributed by atoms with van der Waals surface area (Å²) in [6.45, 7) is 0. The molecule has 0 atom stereocenters. The summed E-state index contributed by atoms with van der Waals surface area (Å²) in [4.78, 5) is 16.3. The number of carbonyl (C=O) groups is 1. The SMILES string of the molecule is O=C(Nc1ccc(F)cc1)c1cc(NC2CCCC2)ccn1. The topological polar surface area (TPSA) is 54.0 Å². The Morgan fingerprint density at radius 3 is 2.55 bits per heavy atom. The summed E-state index contributed by atoms with van der Waals surface area (Å²) in [6.07, 6.45) is 6.46. The largest absolute Gasteiger partial charge is 0.382 e. The Morgan fingerprint density at radius 1 is 1.09 bits per heavy atom. The number of halogens is 1. The molecule has 0 spiro atoms. The van der Waals surface area contributed by atoms with Gasteiger partial charge < -0.3 is 10.6 Å². The third kappa shape index (κ3) is 3.61. The van der Waals surface area contributed by atoms with Gasteiger partial charge in [-0.25, -0.2) is 4.39 Å². The monoisotopic (exact) mass is 299 g/mol. The molecule has 1 heterocycles. The van der Waals surface area contributed by atoms with E-state index in [0.29, 0.717) is 17.4 Å². The van der Waals surface area contributed by atoms with Gasteiger partial charge in [-0.15, -0.1) is 0 Å². The fourth-order valence-electron chi connectivity index (χ4n) is 2.68. The molecule has 1 fully saturated rings. The van der Waals surface area contributed by atoms with Crippen LogP contribution < -0.4 is 10.6 Å². The molecule has 0 unspecified atom stereocenters. The van der Waals surface area contributed by atoms with Crippen molar-refractivity contribution in [1.29, 1.82) is 0 Å². The minimum absolute atomic E-state index is 0.304. The summed E-state index contributed by atoms with van der Waals surface area (Å²) in [5.41, 5.74) is 1.79. The minimum atomic E-state index is -0.334. The smallest absolute Gasteiger partial charge is 0.274 e. The normalized spacial score (nSPS) is 14.8. The third-order valence-corrected chi connectivity index (χ3v) is 3.82. The van der Waals surface area contributed by atoms with Crippen LogP contribution in [-0.4, -0.2) is 16.9 Å². The molecule has 1 aliphatic rings. The van der Waals surface area contributed by atoms with E-state index in [4.69, 9.17) is 0 Å². The molecule has 114 valence electrons. The van der Waals surface area contributed by atoms with E-state index in [-0.39, 0.29) is 11.7 Å². The number of hydrogen-bond donors (Lipinski definition) is 2. The van der Waals surface area contributed by atoms with Crippen LogP contribution in [0.2, 0.25) is 0 Å². The molecule has 2 N–H and O–H groups in total. The zero-order valence-corrected chi connectivity index (χ0v) is 12.2. The van der Waals surface area contributed by atoms with Gasteiger partial charge in [-0.3, -0.25) is 9.78 Å². The molecule has 22 heavy (non-hydrogen) atoms. The van der Waals surface area contributed by atoms with Gasteiger partial charge in [0.25, 0.3) is 5.91 Å². The summed E-state index contributed by atoms with van der Waals surface area (Å²) in [7, 11) is 0. The first-order valence-electron chi connectivity index (χ1n) is 7.50. The molecule has 1 saturated carbocycles. The predicted molar refractivity (Wildman–Crippen MR) is 84.5 cm³/mol. The number of hydrogen-bond acceptors (Lipinski definition) is 3. The van der Waals surface area contributed by atoms with Crippen LogP contribution in [0.15, 0.2) is 42.6 Å². The molecule has 0 saturated heterocycles. The molecule has 4 nitrogen and oxygen atoms in total. The molecule has 0 bridgehead atoms. The first-order chi connectivity index (χ1) is 10.7. The number of pyridine rings is 1. The van der Waals surface area contributed by atoms with Crippen molar-refractivity contribution in [2.75, 3.05) is 10.6 Å². The molecule has 1 aliphatic carbocycles. The van der Waals surface area contributed by atoms with Gasteiger partial charge in [-0.1, -0.05) is 12.8 Å². The van der Waals surface area contributed by atoms with E-state index in [0.717, 1.165) is 5.69 Å². The van der Waals surface area contributed by atoms with Crippen molar-refractivity contribution < 1.29 is 9.18 Å². The summed E-state index contributed by atoms with van der Waals surface area (Å²) in [6, 6.07) is 9.75. The Labute approximate surface area is 128 Å². The second-order valence-electron chi connectivity index (χ2n) is 5.52. The number of aromatic nitrogens is 1. The van der Waals surface area contributed by atoms with Gasteiger partial charge >= 0.3 is 0 Å². The Bertz CT molecular complexity index is 651. The van der Waals surface area contributed by atoms with Gasteiger partial charge in [0, 0.05) is 23.6 Å². The Hall–Kier alpha value is -2.43. The summed E-state index contributed by atoms with van der Waals surface area (Å²) in [5, 5.41) is 6.15. The van der Waals surface area contributed by atoms with Crippen LogP contribution in [0, 0.1) is 5.82 Å². The molecule has 0 radical (unpaired) electrons. The molecule has 0 aliphatic heterocycles. The first kappa shape index (κ1) is 14.5. The maximum absolute atomic E-state index is 12.9.